The first-order chi connectivity index (χ1) is 7.11. The van der Waals surface area contributed by atoms with E-state index in [1.807, 2.05) is 6.92 Å². The number of carbonyl (C=O) groups is 1. The van der Waals surface area contributed by atoms with Crippen molar-refractivity contribution >= 4 is 5.91 Å². The summed E-state index contributed by atoms with van der Waals surface area (Å²) in [5, 5.41) is 8.86. The molecule has 1 aliphatic carbocycles. The van der Waals surface area contributed by atoms with Crippen LogP contribution >= 0.6 is 0 Å². The second kappa shape index (κ2) is 5.47. The minimum atomic E-state index is -0.251. The van der Waals surface area contributed by atoms with Crippen LogP contribution in [0.1, 0.15) is 39.0 Å². The highest BCUT2D eigenvalue weighted by Crippen LogP contribution is 2.32. The number of rotatable bonds is 6. The Bertz CT molecular complexity index is 209. The number of aliphatic hydroxyl groups is 1. The van der Waals surface area contributed by atoms with Crippen molar-refractivity contribution < 1.29 is 9.90 Å². The van der Waals surface area contributed by atoms with Crippen LogP contribution in [-0.4, -0.2) is 41.1 Å². The van der Waals surface area contributed by atoms with E-state index in [1.165, 1.54) is 0 Å². The quantitative estimate of drug-likeness (QED) is 0.676. The van der Waals surface area contributed by atoms with Gasteiger partial charge < -0.3 is 15.7 Å². The average molecular weight is 214 g/mol. The van der Waals surface area contributed by atoms with Crippen molar-refractivity contribution in [3.05, 3.63) is 0 Å². The highest BCUT2D eigenvalue weighted by Gasteiger charge is 2.35. The molecule has 1 rings (SSSR count). The van der Waals surface area contributed by atoms with Crippen molar-refractivity contribution in [2.24, 2.45) is 5.73 Å². The zero-order valence-electron chi connectivity index (χ0n) is 9.54. The molecule has 0 heterocycles. The summed E-state index contributed by atoms with van der Waals surface area (Å²) in [7, 11) is 0. The highest BCUT2D eigenvalue weighted by atomic mass is 16.3. The van der Waals surface area contributed by atoms with Crippen LogP contribution in [0.3, 0.4) is 0 Å². The third-order valence-corrected chi connectivity index (χ3v) is 3.07. The summed E-state index contributed by atoms with van der Waals surface area (Å²) in [6.45, 7) is 3.21. The smallest absolute Gasteiger partial charge is 0.224 e. The lowest BCUT2D eigenvalue weighted by Gasteiger charge is -2.38. The minimum absolute atomic E-state index is 0.0311. The van der Waals surface area contributed by atoms with Gasteiger partial charge in [-0.25, -0.2) is 0 Å². The second-order valence-electron chi connectivity index (χ2n) is 4.50. The molecule has 1 aliphatic rings. The van der Waals surface area contributed by atoms with Gasteiger partial charge in [0.1, 0.15) is 0 Å². The van der Waals surface area contributed by atoms with Crippen LogP contribution in [0.2, 0.25) is 0 Å². The van der Waals surface area contributed by atoms with Gasteiger partial charge >= 0.3 is 0 Å². The zero-order chi connectivity index (χ0) is 11.3. The van der Waals surface area contributed by atoms with Gasteiger partial charge in [-0.1, -0.05) is 6.92 Å². The summed E-state index contributed by atoms with van der Waals surface area (Å²) in [6.07, 6.45) is 4.41. The molecule has 0 aliphatic heterocycles. The molecule has 0 bridgehead atoms. The van der Waals surface area contributed by atoms with Crippen molar-refractivity contribution in [1.82, 2.24) is 4.90 Å². The molecule has 1 saturated carbocycles. The lowest BCUT2D eigenvalue weighted by atomic mass is 9.75. The van der Waals surface area contributed by atoms with Crippen LogP contribution in [0.25, 0.3) is 0 Å². The molecular weight excluding hydrogens is 192 g/mol. The maximum absolute atomic E-state index is 11.9. The van der Waals surface area contributed by atoms with E-state index in [0.717, 1.165) is 32.2 Å². The molecule has 4 nitrogen and oxygen atoms in total. The normalized spacial score (nSPS) is 18.3. The lowest BCUT2D eigenvalue weighted by Crippen LogP contribution is -2.51. The van der Waals surface area contributed by atoms with Gasteiger partial charge in [0.05, 0.1) is 6.61 Å². The van der Waals surface area contributed by atoms with Crippen LogP contribution in [-0.2, 0) is 4.79 Å². The molecule has 0 spiro atoms. The first-order valence-electron chi connectivity index (χ1n) is 5.79. The monoisotopic (exact) mass is 214 g/mol. The topological polar surface area (TPSA) is 66.6 Å². The van der Waals surface area contributed by atoms with Crippen molar-refractivity contribution in [3.63, 3.8) is 0 Å². The Labute approximate surface area is 91.4 Å². The highest BCUT2D eigenvalue weighted by molar-refractivity contribution is 5.77. The molecule has 1 fully saturated rings. The molecular formula is C11H22N2O2. The number of hydrogen-bond donors (Lipinski definition) is 2. The summed E-state index contributed by atoms with van der Waals surface area (Å²) in [4.78, 5) is 13.6. The minimum Gasteiger partial charge on any atom is -0.395 e. The van der Waals surface area contributed by atoms with Crippen LogP contribution in [0.5, 0.6) is 0 Å². The molecule has 3 N–H and O–H groups in total. The van der Waals surface area contributed by atoms with Crippen LogP contribution in [0.4, 0.5) is 0 Å². The van der Waals surface area contributed by atoms with E-state index in [0.29, 0.717) is 13.0 Å². The largest absolute Gasteiger partial charge is 0.395 e. The number of amides is 1. The molecule has 0 aromatic heterocycles. The number of hydrogen-bond acceptors (Lipinski definition) is 3. The predicted molar refractivity (Wildman–Crippen MR) is 59.3 cm³/mol. The molecule has 0 saturated heterocycles. The molecule has 88 valence electrons. The number of carbonyl (C=O) groups excluding carboxylic acids is 1. The summed E-state index contributed by atoms with van der Waals surface area (Å²) >= 11 is 0. The summed E-state index contributed by atoms with van der Waals surface area (Å²) in [6, 6.07) is 0. The SMILES string of the molecule is CCCN(CCO)C(=O)CC1(N)CCC1. The van der Waals surface area contributed by atoms with Crippen LogP contribution in [0.15, 0.2) is 0 Å². The molecule has 0 atom stereocenters. The number of nitrogens with two attached hydrogens (primary N) is 1. The lowest BCUT2D eigenvalue weighted by molar-refractivity contribution is -0.133. The fraction of sp³-hybridized carbons (Fsp3) is 0.909. The third kappa shape index (κ3) is 3.47. The Balaban J connectivity index is 2.40. The second-order valence-corrected chi connectivity index (χ2v) is 4.50. The maximum Gasteiger partial charge on any atom is 0.224 e. The Kier molecular flexibility index (Phi) is 4.54. The fourth-order valence-corrected chi connectivity index (χ4v) is 1.97. The first kappa shape index (κ1) is 12.5. The van der Waals surface area contributed by atoms with Crippen molar-refractivity contribution in [1.29, 1.82) is 0 Å². The van der Waals surface area contributed by atoms with Crippen LogP contribution in [0, 0.1) is 0 Å². The van der Waals surface area contributed by atoms with Gasteiger partial charge in [0, 0.05) is 25.0 Å². The summed E-state index contributed by atoms with van der Waals surface area (Å²) in [5.41, 5.74) is 5.77. The van der Waals surface area contributed by atoms with Crippen LogP contribution < -0.4 is 5.73 Å². The van der Waals surface area contributed by atoms with Crippen molar-refractivity contribution in [3.8, 4) is 0 Å². The van der Waals surface area contributed by atoms with Gasteiger partial charge in [-0.15, -0.1) is 0 Å². The van der Waals surface area contributed by atoms with E-state index in [2.05, 4.69) is 0 Å². The molecule has 15 heavy (non-hydrogen) atoms. The Morgan fingerprint density at radius 3 is 2.53 bits per heavy atom. The standard InChI is InChI=1S/C11H22N2O2/c1-2-6-13(7-8-14)10(15)9-11(12)4-3-5-11/h14H,2-9,12H2,1H3. The molecule has 0 aromatic carbocycles. The van der Waals surface area contributed by atoms with Gasteiger partial charge in [0.25, 0.3) is 0 Å². The first-order valence-corrected chi connectivity index (χ1v) is 5.79. The van der Waals surface area contributed by atoms with E-state index >= 15 is 0 Å². The zero-order valence-corrected chi connectivity index (χ0v) is 9.54. The Morgan fingerprint density at radius 2 is 2.13 bits per heavy atom. The molecule has 4 heteroatoms. The van der Waals surface area contributed by atoms with Crippen molar-refractivity contribution in [2.45, 2.75) is 44.6 Å². The number of nitrogens with zero attached hydrogens (tertiary/aromatic N) is 1. The van der Waals surface area contributed by atoms with E-state index in [1.54, 1.807) is 4.90 Å². The van der Waals surface area contributed by atoms with E-state index in [-0.39, 0.29) is 18.1 Å². The molecule has 0 unspecified atom stereocenters. The average Bonchev–Trinajstić information content (AvgIpc) is 2.15. The van der Waals surface area contributed by atoms with Crippen molar-refractivity contribution in [2.75, 3.05) is 19.7 Å². The Morgan fingerprint density at radius 1 is 1.47 bits per heavy atom. The van der Waals surface area contributed by atoms with Gasteiger partial charge in [0.2, 0.25) is 5.91 Å². The third-order valence-electron chi connectivity index (χ3n) is 3.07. The van der Waals surface area contributed by atoms with Gasteiger partial charge in [0.15, 0.2) is 0 Å². The molecule has 1 amide bonds. The molecule has 0 aromatic rings. The fourth-order valence-electron chi connectivity index (χ4n) is 1.97. The van der Waals surface area contributed by atoms with E-state index < -0.39 is 0 Å². The van der Waals surface area contributed by atoms with Gasteiger partial charge in [-0.3, -0.25) is 4.79 Å². The molecule has 0 radical (unpaired) electrons. The number of aliphatic hydroxyl groups excluding tert-OH is 1. The van der Waals surface area contributed by atoms with E-state index in [9.17, 15) is 4.79 Å². The summed E-state index contributed by atoms with van der Waals surface area (Å²) in [5.74, 6) is 0.0908. The van der Waals surface area contributed by atoms with Gasteiger partial charge in [-0.2, -0.15) is 0 Å². The van der Waals surface area contributed by atoms with Gasteiger partial charge in [-0.05, 0) is 25.7 Å². The summed E-state index contributed by atoms with van der Waals surface area (Å²) < 4.78 is 0. The maximum atomic E-state index is 11.9. The van der Waals surface area contributed by atoms with E-state index in [4.69, 9.17) is 10.8 Å². The Hall–Kier alpha value is -0.610. The predicted octanol–water partition coefficient (Wildman–Crippen LogP) is 0.489.